The molecule has 0 aliphatic heterocycles. The summed E-state index contributed by atoms with van der Waals surface area (Å²) >= 11 is 0. The van der Waals surface area contributed by atoms with E-state index in [2.05, 4.69) is 11.4 Å². The average molecular weight is 288 g/mol. The van der Waals surface area contributed by atoms with Gasteiger partial charge in [-0.3, -0.25) is 9.59 Å². The third kappa shape index (κ3) is 4.60. The predicted molar refractivity (Wildman–Crippen MR) is 78.9 cm³/mol. The molecule has 0 spiro atoms. The molecule has 21 heavy (non-hydrogen) atoms. The summed E-state index contributed by atoms with van der Waals surface area (Å²) in [5.74, 6) is 0.101. The number of carbonyl (C=O) groups is 2. The van der Waals surface area contributed by atoms with Crippen molar-refractivity contribution >= 4 is 11.7 Å². The van der Waals surface area contributed by atoms with Crippen LogP contribution >= 0.6 is 0 Å². The molecule has 1 atom stereocenters. The van der Waals surface area contributed by atoms with Gasteiger partial charge in [0.15, 0.2) is 12.4 Å². The van der Waals surface area contributed by atoms with Crippen molar-refractivity contribution in [3.63, 3.8) is 0 Å². The van der Waals surface area contributed by atoms with Crippen molar-refractivity contribution < 1.29 is 14.3 Å². The summed E-state index contributed by atoms with van der Waals surface area (Å²) in [6, 6.07) is 8.66. The highest BCUT2D eigenvalue weighted by molar-refractivity contribution is 5.94. The standard InChI is InChI=1S/C16H20N2O3/c1-11(2)16(4,10-17)18-15(20)9-21-14-7-5-13(6-8-14)12(3)19/h5-8,11H,9H2,1-4H3,(H,18,20)/t16-/m1/s1. The van der Waals surface area contributed by atoms with Crippen LogP contribution in [0.2, 0.25) is 0 Å². The largest absolute Gasteiger partial charge is 0.484 e. The summed E-state index contributed by atoms with van der Waals surface area (Å²) in [5.41, 5.74) is -0.331. The minimum absolute atomic E-state index is 0.0127. The Kier molecular flexibility index (Phi) is 5.48. The highest BCUT2D eigenvalue weighted by atomic mass is 16.5. The average Bonchev–Trinajstić information content (AvgIpc) is 2.45. The molecule has 0 unspecified atom stereocenters. The number of ketones is 1. The minimum atomic E-state index is -0.918. The number of carbonyl (C=O) groups excluding carboxylic acids is 2. The zero-order valence-corrected chi connectivity index (χ0v) is 12.8. The second-order valence-corrected chi connectivity index (χ2v) is 5.39. The number of benzene rings is 1. The van der Waals surface area contributed by atoms with Gasteiger partial charge in [-0.2, -0.15) is 5.26 Å². The Bertz CT molecular complexity index is 558. The van der Waals surface area contributed by atoms with Crippen molar-refractivity contribution in [1.29, 1.82) is 5.26 Å². The molecular weight excluding hydrogens is 268 g/mol. The van der Waals surface area contributed by atoms with Gasteiger partial charge in [0, 0.05) is 5.56 Å². The molecule has 0 saturated heterocycles. The Morgan fingerprint density at radius 1 is 1.33 bits per heavy atom. The Morgan fingerprint density at radius 2 is 1.90 bits per heavy atom. The van der Waals surface area contributed by atoms with E-state index in [0.29, 0.717) is 11.3 Å². The third-order valence-corrected chi connectivity index (χ3v) is 3.42. The van der Waals surface area contributed by atoms with Gasteiger partial charge >= 0.3 is 0 Å². The normalized spacial score (nSPS) is 13.1. The Morgan fingerprint density at radius 3 is 2.33 bits per heavy atom. The van der Waals surface area contributed by atoms with Crippen molar-refractivity contribution in [2.45, 2.75) is 33.2 Å². The van der Waals surface area contributed by atoms with Crippen LogP contribution in [0.1, 0.15) is 38.1 Å². The van der Waals surface area contributed by atoms with Gasteiger partial charge < -0.3 is 10.1 Å². The molecule has 1 amide bonds. The van der Waals surface area contributed by atoms with Crippen molar-refractivity contribution in [3.05, 3.63) is 29.8 Å². The number of amides is 1. The number of ether oxygens (including phenoxy) is 1. The maximum Gasteiger partial charge on any atom is 0.259 e. The summed E-state index contributed by atoms with van der Waals surface area (Å²) in [5, 5.41) is 11.8. The lowest BCUT2D eigenvalue weighted by atomic mass is 9.90. The topological polar surface area (TPSA) is 79.2 Å². The predicted octanol–water partition coefficient (Wildman–Crippen LogP) is 2.32. The molecule has 1 N–H and O–H groups in total. The molecule has 0 saturated carbocycles. The monoisotopic (exact) mass is 288 g/mol. The van der Waals surface area contributed by atoms with Crippen LogP contribution in [0.15, 0.2) is 24.3 Å². The van der Waals surface area contributed by atoms with E-state index in [9.17, 15) is 9.59 Å². The molecule has 5 heteroatoms. The van der Waals surface area contributed by atoms with Crippen LogP contribution in [0.5, 0.6) is 5.75 Å². The summed E-state index contributed by atoms with van der Waals surface area (Å²) < 4.78 is 5.34. The van der Waals surface area contributed by atoms with E-state index >= 15 is 0 Å². The third-order valence-electron chi connectivity index (χ3n) is 3.42. The fraction of sp³-hybridized carbons (Fsp3) is 0.438. The molecule has 1 rings (SSSR count). The maximum absolute atomic E-state index is 11.8. The number of hydrogen-bond donors (Lipinski definition) is 1. The van der Waals surface area contributed by atoms with E-state index in [1.165, 1.54) is 6.92 Å². The first-order chi connectivity index (χ1) is 9.78. The van der Waals surface area contributed by atoms with Crippen molar-refractivity contribution in [2.75, 3.05) is 6.61 Å². The minimum Gasteiger partial charge on any atom is -0.484 e. The first-order valence-electron chi connectivity index (χ1n) is 6.74. The van der Waals surface area contributed by atoms with E-state index in [1.54, 1.807) is 31.2 Å². The molecule has 5 nitrogen and oxygen atoms in total. The number of nitriles is 1. The lowest BCUT2D eigenvalue weighted by molar-refractivity contribution is -0.124. The fourth-order valence-electron chi connectivity index (χ4n) is 1.56. The highest BCUT2D eigenvalue weighted by Gasteiger charge is 2.29. The van der Waals surface area contributed by atoms with Gasteiger partial charge in [0.2, 0.25) is 0 Å². The summed E-state index contributed by atoms with van der Waals surface area (Å²) in [6.45, 7) is 6.72. The molecule has 0 bridgehead atoms. The van der Waals surface area contributed by atoms with E-state index in [4.69, 9.17) is 10.00 Å². The van der Waals surface area contributed by atoms with Crippen LogP contribution in [0, 0.1) is 17.2 Å². The highest BCUT2D eigenvalue weighted by Crippen LogP contribution is 2.15. The zero-order chi connectivity index (χ0) is 16.0. The molecule has 0 aliphatic carbocycles. The van der Waals surface area contributed by atoms with Gasteiger partial charge in [0.05, 0.1) is 6.07 Å². The lowest BCUT2D eigenvalue weighted by Crippen LogP contribution is -2.50. The molecule has 1 aromatic carbocycles. The summed E-state index contributed by atoms with van der Waals surface area (Å²) in [4.78, 5) is 23.0. The molecule has 0 radical (unpaired) electrons. The molecule has 0 aromatic heterocycles. The van der Waals surface area contributed by atoms with Crippen LogP contribution in [-0.4, -0.2) is 23.8 Å². The van der Waals surface area contributed by atoms with Gasteiger partial charge in [-0.25, -0.2) is 0 Å². The van der Waals surface area contributed by atoms with Gasteiger partial charge in [0.1, 0.15) is 11.3 Å². The van der Waals surface area contributed by atoms with Gasteiger partial charge in [-0.15, -0.1) is 0 Å². The van der Waals surface area contributed by atoms with E-state index in [0.717, 1.165) is 0 Å². The Balaban J connectivity index is 2.57. The maximum atomic E-state index is 11.8. The second kappa shape index (κ2) is 6.89. The van der Waals surface area contributed by atoms with Gasteiger partial charge in [-0.1, -0.05) is 13.8 Å². The smallest absolute Gasteiger partial charge is 0.259 e. The van der Waals surface area contributed by atoms with Crippen LogP contribution < -0.4 is 10.1 Å². The van der Waals surface area contributed by atoms with Gasteiger partial charge in [0.25, 0.3) is 5.91 Å². The van der Waals surface area contributed by atoms with Crippen LogP contribution in [0.4, 0.5) is 0 Å². The molecule has 0 heterocycles. The number of Topliss-reactive ketones (excluding diaryl/α,β-unsaturated/α-hetero) is 1. The first-order valence-corrected chi connectivity index (χ1v) is 6.74. The van der Waals surface area contributed by atoms with Crippen LogP contribution in [0.25, 0.3) is 0 Å². The summed E-state index contributed by atoms with van der Waals surface area (Å²) in [7, 11) is 0. The van der Waals surface area contributed by atoms with Crippen molar-refractivity contribution in [1.82, 2.24) is 5.32 Å². The molecule has 0 aliphatic rings. The quantitative estimate of drug-likeness (QED) is 0.815. The van der Waals surface area contributed by atoms with Crippen molar-refractivity contribution in [3.8, 4) is 11.8 Å². The molecule has 1 aromatic rings. The number of rotatable bonds is 6. The van der Waals surface area contributed by atoms with Crippen molar-refractivity contribution in [2.24, 2.45) is 5.92 Å². The Labute approximate surface area is 124 Å². The number of hydrogen-bond acceptors (Lipinski definition) is 4. The summed E-state index contributed by atoms with van der Waals surface area (Å²) in [6.07, 6.45) is 0. The van der Waals surface area contributed by atoms with E-state index in [1.807, 2.05) is 13.8 Å². The van der Waals surface area contributed by atoms with E-state index < -0.39 is 5.54 Å². The zero-order valence-electron chi connectivity index (χ0n) is 12.8. The second-order valence-electron chi connectivity index (χ2n) is 5.39. The SMILES string of the molecule is CC(=O)c1ccc(OCC(=O)N[C@](C)(C#N)C(C)C)cc1. The van der Waals surface area contributed by atoms with Crippen LogP contribution in [-0.2, 0) is 4.79 Å². The Hall–Kier alpha value is -2.35. The molecular formula is C16H20N2O3. The van der Waals surface area contributed by atoms with E-state index in [-0.39, 0.29) is 24.2 Å². The lowest BCUT2D eigenvalue weighted by Gasteiger charge is -2.27. The van der Waals surface area contributed by atoms with Crippen LogP contribution in [0.3, 0.4) is 0 Å². The number of nitrogens with one attached hydrogen (secondary N) is 1. The molecule has 0 fully saturated rings. The molecule has 112 valence electrons. The fourth-order valence-corrected chi connectivity index (χ4v) is 1.56. The first kappa shape index (κ1) is 16.7. The number of nitrogens with zero attached hydrogens (tertiary/aromatic N) is 1. The van der Waals surface area contributed by atoms with Gasteiger partial charge in [-0.05, 0) is 44.0 Å².